The molecule has 84 valence electrons. The van der Waals surface area contributed by atoms with Gasteiger partial charge in [0.15, 0.2) is 0 Å². The maximum Gasteiger partial charge on any atom is 0.0232 e. The maximum absolute atomic E-state index is 5.63. The third kappa shape index (κ3) is 2.94. The van der Waals surface area contributed by atoms with E-state index in [0.717, 1.165) is 19.5 Å². The molecule has 3 heteroatoms. The average Bonchev–Trinajstić information content (AvgIpc) is 2.07. The van der Waals surface area contributed by atoms with Crippen LogP contribution in [0.1, 0.15) is 27.2 Å². The molecule has 0 radical (unpaired) electrons. The van der Waals surface area contributed by atoms with Gasteiger partial charge in [0.2, 0.25) is 0 Å². The molecule has 0 saturated carbocycles. The third-order valence-electron chi connectivity index (χ3n) is 3.23. The molecule has 0 aromatic rings. The fourth-order valence-electron chi connectivity index (χ4n) is 2.06. The Balaban J connectivity index is 2.53. The van der Waals surface area contributed by atoms with Crippen LogP contribution in [0.3, 0.4) is 0 Å². The van der Waals surface area contributed by atoms with Gasteiger partial charge in [0.25, 0.3) is 0 Å². The van der Waals surface area contributed by atoms with Crippen LogP contribution in [-0.4, -0.2) is 54.6 Å². The molecule has 1 rings (SSSR count). The summed E-state index contributed by atoms with van der Waals surface area (Å²) in [6, 6.07) is 0.646. The van der Waals surface area contributed by atoms with Crippen molar-refractivity contribution in [1.82, 2.24) is 9.80 Å². The predicted molar refractivity (Wildman–Crippen MR) is 61.4 cm³/mol. The van der Waals surface area contributed by atoms with E-state index < -0.39 is 0 Å². The molecule has 1 unspecified atom stereocenters. The summed E-state index contributed by atoms with van der Waals surface area (Å²) in [4.78, 5) is 5.00. The van der Waals surface area contributed by atoms with Gasteiger partial charge in [0.1, 0.15) is 0 Å². The average molecular weight is 199 g/mol. The standard InChI is InChI=1S/C11H25N3/c1-11(2,3)14-8-7-13(4)10(9-14)5-6-12/h10H,5-9,12H2,1-4H3. The lowest BCUT2D eigenvalue weighted by molar-refractivity contribution is 0.0330. The largest absolute Gasteiger partial charge is 0.330 e. The van der Waals surface area contributed by atoms with E-state index in [1.54, 1.807) is 0 Å². The topological polar surface area (TPSA) is 32.5 Å². The zero-order chi connectivity index (χ0) is 10.8. The van der Waals surface area contributed by atoms with Crippen molar-refractivity contribution in [3.05, 3.63) is 0 Å². The zero-order valence-corrected chi connectivity index (χ0v) is 10.1. The Labute approximate surface area is 88.2 Å². The van der Waals surface area contributed by atoms with Crippen LogP contribution in [0.25, 0.3) is 0 Å². The first-order valence-corrected chi connectivity index (χ1v) is 5.60. The Bertz CT molecular complexity index is 174. The molecule has 0 spiro atoms. The third-order valence-corrected chi connectivity index (χ3v) is 3.23. The van der Waals surface area contributed by atoms with E-state index in [1.807, 2.05) is 0 Å². The van der Waals surface area contributed by atoms with Gasteiger partial charge in [0, 0.05) is 31.2 Å². The Morgan fingerprint density at radius 1 is 1.29 bits per heavy atom. The molecule has 0 aromatic heterocycles. The number of likely N-dealkylation sites (N-methyl/N-ethyl adjacent to an activating group) is 1. The van der Waals surface area contributed by atoms with Gasteiger partial charge in [-0.1, -0.05) is 0 Å². The summed E-state index contributed by atoms with van der Waals surface area (Å²) in [6.07, 6.45) is 1.11. The van der Waals surface area contributed by atoms with Crippen LogP contribution in [-0.2, 0) is 0 Å². The molecule has 1 aliphatic heterocycles. The molecule has 1 atom stereocenters. The molecule has 3 nitrogen and oxygen atoms in total. The second kappa shape index (κ2) is 4.60. The monoisotopic (exact) mass is 199 g/mol. The highest BCUT2D eigenvalue weighted by atomic mass is 15.3. The second-order valence-electron chi connectivity index (χ2n) is 5.33. The Morgan fingerprint density at radius 2 is 1.93 bits per heavy atom. The molecular weight excluding hydrogens is 174 g/mol. The summed E-state index contributed by atoms with van der Waals surface area (Å²) >= 11 is 0. The van der Waals surface area contributed by atoms with Crippen molar-refractivity contribution in [1.29, 1.82) is 0 Å². The van der Waals surface area contributed by atoms with E-state index in [9.17, 15) is 0 Å². The molecule has 1 aliphatic rings. The van der Waals surface area contributed by atoms with Crippen LogP contribution >= 0.6 is 0 Å². The highest BCUT2D eigenvalue weighted by Gasteiger charge is 2.29. The molecule has 0 aliphatic carbocycles. The van der Waals surface area contributed by atoms with Gasteiger partial charge in [-0.25, -0.2) is 0 Å². The first-order chi connectivity index (χ1) is 6.45. The van der Waals surface area contributed by atoms with Crippen molar-refractivity contribution < 1.29 is 0 Å². The van der Waals surface area contributed by atoms with Gasteiger partial charge >= 0.3 is 0 Å². The fraction of sp³-hybridized carbons (Fsp3) is 1.00. The smallest absolute Gasteiger partial charge is 0.0232 e. The van der Waals surface area contributed by atoms with Crippen LogP contribution in [0.2, 0.25) is 0 Å². The Morgan fingerprint density at radius 3 is 2.43 bits per heavy atom. The van der Waals surface area contributed by atoms with E-state index >= 15 is 0 Å². The van der Waals surface area contributed by atoms with E-state index in [0.29, 0.717) is 11.6 Å². The molecule has 0 amide bonds. The Kier molecular flexibility index (Phi) is 3.93. The number of piperazine rings is 1. The van der Waals surface area contributed by atoms with Crippen molar-refractivity contribution in [3.63, 3.8) is 0 Å². The van der Waals surface area contributed by atoms with Gasteiger partial charge in [-0.15, -0.1) is 0 Å². The lowest BCUT2D eigenvalue weighted by Crippen LogP contribution is -2.57. The van der Waals surface area contributed by atoms with Crippen molar-refractivity contribution in [3.8, 4) is 0 Å². The quantitative estimate of drug-likeness (QED) is 0.712. The number of rotatable bonds is 2. The van der Waals surface area contributed by atoms with Gasteiger partial charge in [-0.05, 0) is 40.8 Å². The van der Waals surface area contributed by atoms with Crippen molar-refractivity contribution in [2.75, 3.05) is 33.2 Å². The van der Waals surface area contributed by atoms with Crippen molar-refractivity contribution in [2.45, 2.75) is 38.8 Å². The summed E-state index contributed by atoms with van der Waals surface area (Å²) in [7, 11) is 2.21. The number of nitrogens with zero attached hydrogens (tertiary/aromatic N) is 2. The molecular formula is C11H25N3. The summed E-state index contributed by atoms with van der Waals surface area (Å²) < 4.78 is 0. The van der Waals surface area contributed by atoms with Gasteiger partial charge in [-0.3, -0.25) is 4.90 Å². The van der Waals surface area contributed by atoms with Crippen LogP contribution < -0.4 is 5.73 Å². The maximum atomic E-state index is 5.63. The summed E-state index contributed by atoms with van der Waals surface area (Å²) in [5.74, 6) is 0. The van der Waals surface area contributed by atoms with Crippen LogP contribution in [0.4, 0.5) is 0 Å². The second-order valence-corrected chi connectivity index (χ2v) is 5.33. The first kappa shape index (κ1) is 12.0. The summed E-state index contributed by atoms with van der Waals surface area (Å²) in [5, 5.41) is 0. The fourth-order valence-corrected chi connectivity index (χ4v) is 2.06. The Hall–Kier alpha value is -0.120. The molecule has 1 saturated heterocycles. The van der Waals surface area contributed by atoms with E-state index in [4.69, 9.17) is 5.73 Å². The van der Waals surface area contributed by atoms with Gasteiger partial charge < -0.3 is 10.6 Å². The first-order valence-electron chi connectivity index (χ1n) is 5.60. The highest BCUT2D eigenvalue weighted by molar-refractivity contribution is 4.86. The summed E-state index contributed by atoms with van der Waals surface area (Å²) in [6.45, 7) is 11.2. The minimum atomic E-state index is 0.300. The van der Waals surface area contributed by atoms with Gasteiger partial charge in [-0.2, -0.15) is 0 Å². The number of hydrogen-bond acceptors (Lipinski definition) is 3. The normalized spacial score (nSPS) is 26.8. The van der Waals surface area contributed by atoms with Gasteiger partial charge in [0.05, 0.1) is 0 Å². The van der Waals surface area contributed by atoms with Crippen molar-refractivity contribution in [2.24, 2.45) is 5.73 Å². The molecule has 14 heavy (non-hydrogen) atoms. The number of hydrogen-bond donors (Lipinski definition) is 1. The van der Waals surface area contributed by atoms with Crippen molar-refractivity contribution >= 4 is 0 Å². The van der Waals surface area contributed by atoms with E-state index in [2.05, 4.69) is 37.6 Å². The predicted octanol–water partition coefficient (Wildman–Crippen LogP) is 0.750. The SMILES string of the molecule is CN1CCN(C(C)(C)C)CC1CCN. The molecule has 1 heterocycles. The van der Waals surface area contributed by atoms with Crippen LogP contribution in [0.15, 0.2) is 0 Å². The van der Waals surface area contributed by atoms with Crippen LogP contribution in [0.5, 0.6) is 0 Å². The molecule has 2 N–H and O–H groups in total. The lowest BCUT2D eigenvalue weighted by atomic mass is 10.0. The molecule has 1 fully saturated rings. The van der Waals surface area contributed by atoms with E-state index in [-0.39, 0.29) is 0 Å². The summed E-state index contributed by atoms with van der Waals surface area (Å²) in [5.41, 5.74) is 5.93. The van der Waals surface area contributed by atoms with Crippen LogP contribution in [0, 0.1) is 0 Å². The highest BCUT2D eigenvalue weighted by Crippen LogP contribution is 2.19. The zero-order valence-electron chi connectivity index (χ0n) is 10.1. The lowest BCUT2D eigenvalue weighted by Gasteiger charge is -2.45. The minimum Gasteiger partial charge on any atom is -0.330 e. The molecule has 0 aromatic carbocycles. The molecule has 0 bridgehead atoms. The minimum absolute atomic E-state index is 0.300. The number of nitrogens with two attached hydrogens (primary N) is 1. The van der Waals surface area contributed by atoms with E-state index in [1.165, 1.54) is 13.1 Å².